The SMILES string of the molecule is c1ccc(-n2c3ccccc3c3cc(-c4nc(-c5ccc(-c6ccc7ccccc7c6)c6c5oc5cc7ccccc7cc56)nc5ccccc45)ccc32)cc1. The lowest BCUT2D eigenvalue weighted by Crippen LogP contribution is -1.96. The maximum absolute atomic E-state index is 6.92. The molecule has 0 unspecified atom stereocenters. The fourth-order valence-corrected chi connectivity index (χ4v) is 8.73. The molecular formula is C52H31N3O. The van der Waals surface area contributed by atoms with Crippen LogP contribution < -0.4 is 0 Å². The first-order chi connectivity index (χ1) is 27.7. The van der Waals surface area contributed by atoms with Gasteiger partial charge >= 0.3 is 0 Å². The Labute approximate surface area is 321 Å². The Hall–Kier alpha value is -7.56. The van der Waals surface area contributed by atoms with Crippen LogP contribution >= 0.6 is 0 Å². The minimum Gasteiger partial charge on any atom is -0.455 e. The molecule has 4 heteroatoms. The van der Waals surface area contributed by atoms with Crippen molar-refractivity contribution in [2.75, 3.05) is 0 Å². The number of aromatic nitrogens is 3. The molecule has 0 amide bonds. The molecule has 3 aromatic heterocycles. The van der Waals surface area contributed by atoms with Crippen LogP contribution in [-0.2, 0) is 0 Å². The van der Waals surface area contributed by atoms with Gasteiger partial charge in [-0.25, -0.2) is 9.97 Å². The van der Waals surface area contributed by atoms with E-state index in [1.165, 1.54) is 32.4 Å². The topological polar surface area (TPSA) is 43.9 Å². The number of furan rings is 1. The van der Waals surface area contributed by atoms with Gasteiger partial charge in [0.25, 0.3) is 0 Å². The molecule has 4 nitrogen and oxygen atoms in total. The van der Waals surface area contributed by atoms with Gasteiger partial charge in [-0.2, -0.15) is 0 Å². The molecule has 0 saturated carbocycles. The van der Waals surface area contributed by atoms with Gasteiger partial charge in [0, 0.05) is 38.2 Å². The van der Waals surface area contributed by atoms with Crippen molar-refractivity contribution < 1.29 is 4.42 Å². The summed E-state index contributed by atoms with van der Waals surface area (Å²) in [7, 11) is 0. The molecule has 3 heterocycles. The van der Waals surface area contributed by atoms with Crippen LogP contribution in [0.5, 0.6) is 0 Å². The third kappa shape index (κ3) is 4.66. The number of benzene rings is 9. The van der Waals surface area contributed by atoms with Crippen LogP contribution in [0.1, 0.15) is 0 Å². The largest absolute Gasteiger partial charge is 0.455 e. The van der Waals surface area contributed by atoms with E-state index < -0.39 is 0 Å². The van der Waals surface area contributed by atoms with Crippen molar-refractivity contribution in [3.8, 4) is 39.5 Å². The average molecular weight is 714 g/mol. The molecular weight excluding hydrogens is 683 g/mol. The monoisotopic (exact) mass is 713 g/mol. The summed E-state index contributed by atoms with van der Waals surface area (Å²) >= 11 is 0. The van der Waals surface area contributed by atoms with Gasteiger partial charge in [-0.05, 0) is 93.3 Å². The molecule has 12 rings (SSSR count). The fourth-order valence-electron chi connectivity index (χ4n) is 8.73. The Morgan fingerprint density at radius 3 is 1.93 bits per heavy atom. The third-order valence-electron chi connectivity index (χ3n) is 11.4. The first-order valence-corrected chi connectivity index (χ1v) is 19.0. The maximum atomic E-state index is 6.92. The van der Waals surface area contributed by atoms with E-state index in [1.807, 2.05) is 6.07 Å². The van der Waals surface area contributed by atoms with Crippen molar-refractivity contribution in [3.05, 3.63) is 188 Å². The Balaban J connectivity index is 1.11. The molecule has 0 spiro atoms. The number of nitrogens with zero attached hydrogens (tertiary/aromatic N) is 3. The van der Waals surface area contributed by atoms with Gasteiger partial charge in [0.05, 0.1) is 27.8 Å². The molecule has 0 radical (unpaired) electrons. The molecule has 9 aromatic carbocycles. The van der Waals surface area contributed by atoms with Crippen molar-refractivity contribution in [1.82, 2.24) is 14.5 Å². The van der Waals surface area contributed by atoms with Crippen molar-refractivity contribution in [3.63, 3.8) is 0 Å². The van der Waals surface area contributed by atoms with Gasteiger partial charge in [-0.1, -0.05) is 127 Å². The molecule has 0 aliphatic carbocycles. The molecule has 12 aromatic rings. The lowest BCUT2D eigenvalue weighted by atomic mass is 9.94. The van der Waals surface area contributed by atoms with Gasteiger partial charge in [-0.3, -0.25) is 0 Å². The molecule has 0 N–H and O–H groups in total. The second-order valence-corrected chi connectivity index (χ2v) is 14.6. The van der Waals surface area contributed by atoms with E-state index in [-0.39, 0.29) is 0 Å². The summed E-state index contributed by atoms with van der Waals surface area (Å²) in [4.78, 5) is 10.7. The molecule has 0 aliphatic heterocycles. The summed E-state index contributed by atoms with van der Waals surface area (Å²) in [6.07, 6.45) is 0. The Morgan fingerprint density at radius 1 is 0.411 bits per heavy atom. The standard InChI is InChI=1S/C52H31N3O/c1-2-16-38(17-3-1)55-46-21-11-9-18-40(46)43-30-37(24-27-47(43)55)50-41-19-8-10-20-45(41)53-52(54-50)42-26-25-39(36-23-22-32-12-4-5-13-33(32)28-36)49-44-29-34-14-6-7-15-35(34)31-48(44)56-51(42)49/h1-31H. The highest BCUT2D eigenvalue weighted by Gasteiger charge is 2.22. The number of para-hydroxylation sites is 3. The highest BCUT2D eigenvalue weighted by molar-refractivity contribution is 6.19. The molecule has 0 aliphatic rings. The molecule has 0 bridgehead atoms. The van der Waals surface area contributed by atoms with Crippen LogP contribution in [0.2, 0.25) is 0 Å². The fraction of sp³-hybridized carbons (Fsp3) is 0. The lowest BCUT2D eigenvalue weighted by Gasteiger charge is -2.12. The first kappa shape index (κ1) is 30.9. The normalized spacial score (nSPS) is 11.9. The van der Waals surface area contributed by atoms with E-state index in [1.54, 1.807) is 0 Å². The summed E-state index contributed by atoms with van der Waals surface area (Å²) in [5.41, 5.74) is 11.0. The van der Waals surface area contributed by atoms with Crippen LogP contribution in [0, 0.1) is 0 Å². The van der Waals surface area contributed by atoms with E-state index in [4.69, 9.17) is 14.4 Å². The van der Waals surface area contributed by atoms with E-state index in [2.05, 4.69) is 187 Å². The highest BCUT2D eigenvalue weighted by atomic mass is 16.3. The molecule has 0 atom stereocenters. The zero-order chi connectivity index (χ0) is 36.7. The predicted octanol–water partition coefficient (Wildman–Crippen LogP) is 13.9. The zero-order valence-electron chi connectivity index (χ0n) is 30.1. The number of fused-ring (bicyclic) bond motifs is 9. The van der Waals surface area contributed by atoms with Crippen LogP contribution in [0.25, 0.3) is 116 Å². The summed E-state index contributed by atoms with van der Waals surface area (Å²) in [6, 6.07) is 66.7. The van der Waals surface area contributed by atoms with E-state index in [0.717, 1.165) is 77.4 Å². The zero-order valence-corrected chi connectivity index (χ0v) is 30.1. The highest BCUT2D eigenvalue weighted by Crippen LogP contribution is 2.44. The van der Waals surface area contributed by atoms with Crippen LogP contribution in [-0.4, -0.2) is 14.5 Å². The van der Waals surface area contributed by atoms with E-state index >= 15 is 0 Å². The average Bonchev–Trinajstić information content (AvgIpc) is 3.80. The molecule has 260 valence electrons. The Morgan fingerprint density at radius 2 is 1.07 bits per heavy atom. The van der Waals surface area contributed by atoms with Crippen molar-refractivity contribution in [2.24, 2.45) is 0 Å². The quantitative estimate of drug-likeness (QED) is 0.182. The van der Waals surface area contributed by atoms with Crippen LogP contribution in [0.15, 0.2) is 192 Å². The van der Waals surface area contributed by atoms with Crippen molar-refractivity contribution in [1.29, 1.82) is 0 Å². The third-order valence-corrected chi connectivity index (χ3v) is 11.4. The second-order valence-electron chi connectivity index (χ2n) is 14.6. The predicted molar refractivity (Wildman–Crippen MR) is 232 cm³/mol. The van der Waals surface area contributed by atoms with Gasteiger partial charge < -0.3 is 8.98 Å². The lowest BCUT2D eigenvalue weighted by molar-refractivity contribution is 0.670. The van der Waals surface area contributed by atoms with Crippen LogP contribution in [0.3, 0.4) is 0 Å². The summed E-state index contributed by atoms with van der Waals surface area (Å²) in [6.45, 7) is 0. The Kier molecular flexibility index (Phi) is 6.60. The van der Waals surface area contributed by atoms with Crippen molar-refractivity contribution >= 4 is 76.2 Å². The summed E-state index contributed by atoms with van der Waals surface area (Å²) in [5.74, 6) is 0.629. The molecule has 0 fully saturated rings. The number of hydrogen-bond acceptors (Lipinski definition) is 3. The van der Waals surface area contributed by atoms with Gasteiger partial charge in [0.15, 0.2) is 5.82 Å². The van der Waals surface area contributed by atoms with E-state index in [0.29, 0.717) is 5.82 Å². The number of rotatable bonds is 4. The molecule has 0 saturated heterocycles. The second kappa shape index (κ2) is 12.0. The van der Waals surface area contributed by atoms with Crippen molar-refractivity contribution in [2.45, 2.75) is 0 Å². The molecule has 56 heavy (non-hydrogen) atoms. The number of hydrogen-bond donors (Lipinski definition) is 0. The first-order valence-electron chi connectivity index (χ1n) is 19.0. The maximum Gasteiger partial charge on any atom is 0.164 e. The smallest absolute Gasteiger partial charge is 0.164 e. The minimum absolute atomic E-state index is 0.629. The minimum atomic E-state index is 0.629. The Bertz CT molecular complexity index is 3540. The van der Waals surface area contributed by atoms with Gasteiger partial charge in [0.1, 0.15) is 11.2 Å². The van der Waals surface area contributed by atoms with Gasteiger partial charge in [-0.15, -0.1) is 0 Å². The van der Waals surface area contributed by atoms with Crippen LogP contribution in [0.4, 0.5) is 0 Å². The summed E-state index contributed by atoms with van der Waals surface area (Å²) in [5, 5.41) is 10.2. The van der Waals surface area contributed by atoms with Gasteiger partial charge in [0.2, 0.25) is 0 Å². The summed E-state index contributed by atoms with van der Waals surface area (Å²) < 4.78 is 9.27. The van der Waals surface area contributed by atoms with E-state index in [9.17, 15) is 0 Å².